The van der Waals surface area contributed by atoms with Crippen LogP contribution in [0.25, 0.3) is 0 Å². The van der Waals surface area contributed by atoms with Crippen LogP contribution in [0.3, 0.4) is 0 Å². The van der Waals surface area contributed by atoms with Crippen LogP contribution in [0.1, 0.15) is 43.0 Å². The average Bonchev–Trinajstić information content (AvgIpc) is 2.78. The fourth-order valence-electron chi connectivity index (χ4n) is 3.01. The van der Waals surface area contributed by atoms with Gasteiger partial charge in [0.15, 0.2) is 0 Å². The fourth-order valence-corrected chi connectivity index (χ4v) is 3.01. The molecule has 3 heterocycles. The molecule has 1 aromatic rings. The monoisotopic (exact) mass is 248 g/mol. The summed E-state index contributed by atoms with van der Waals surface area (Å²) in [7, 11) is 0. The number of imidazole rings is 1. The van der Waals surface area contributed by atoms with Gasteiger partial charge in [-0.3, -0.25) is 4.79 Å². The van der Waals surface area contributed by atoms with Crippen LogP contribution < -0.4 is 10.6 Å². The van der Waals surface area contributed by atoms with E-state index >= 15 is 0 Å². The van der Waals surface area contributed by atoms with Crippen molar-refractivity contribution in [2.24, 2.45) is 0 Å². The van der Waals surface area contributed by atoms with Gasteiger partial charge in [0.25, 0.3) is 0 Å². The quantitative estimate of drug-likeness (QED) is 0.803. The highest BCUT2D eigenvalue weighted by molar-refractivity contribution is 5.81. The number of hydrogen-bond acceptors (Lipinski definition) is 3. The van der Waals surface area contributed by atoms with Gasteiger partial charge in [-0.1, -0.05) is 6.92 Å². The number of fused-ring (bicyclic) bond motifs is 1. The molecule has 2 aliphatic heterocycles. The van der Waals surface area contributed by atoms with Crippen LogP contribution >= 0.6 is 0 Å². The molecule has 1 atom stereocenters. The Morgan fingerprint density at radius 2 is 2.33 bits per heavy atom. The van der Waals surface area contributed by atoms with Crippen molar-refractivity contribution in [3.63, 3.8) is 0 Å². The first-order chi connectivity index (χ1) is 8.81. The molecular formula is C13H20N4O. The lowest BCUT2D eigenvalue weighted by molar-refractivity contribution is -0.125. The van der Waals surface area contributed by atoms with Crippen LogP contribution in [-0.4, -0.2) is 28.5 Å². The van der Waals surface area contributed by atoms with Gasteiger partial charge in [-0.25, -0.2) is 4.98 Å². The summed E-state index contributed by atoms with van der Waals surface area (Å²) >= 11 is 0. The van der Waals surface area contributed by atoms with Gasteiger partial charge >= 0.3 is 0 Å². The van der Waals surface area contributed by atoms with E-state index in [2.05, 4.69) is 22.1 Å². The SMILES string of the molecule is CCc1nc2c(n1C1CCCNC1=O)CCNC2. The zero-order valence-electron chi connectivity index (χ0n) is 10.8. The minimum Gasteiger partial charge on any atom is -0.354 e. The van der Waals surface area contributed by atoms with E-state index in [0.717, 1.165) is 56.8 Å². The molecule has 1 amide bonds. The van der Waals surface area contributed by atoms with Crippen molar-refractivity contribution < 1.29 is 4.79 Å². The van der Waals surface area contributed by atoms with Gasteiger partial charge in [0.05, 0.1) is 5.69 Å². The van der Waals surface area contributed by atoms with Gasteiger partial charge in [-0.15, -0.1) is 0 Å². The third kappa shape index (κ3) is 1.82. The molecule has 0 radical (unpaired) electrons. The second-order valence-electron chi connectivity index (χ2n) is 5.02. The van der Waals surface area contributed by atoms with Gasteiger partial charge in [0, 0.05) is 38.2 Å². The molecule has 98 valence electrons. The largest absolute Gasteiger partial charge is 0.354 e. The summed E-state index contributed by atoms with van der Waals surface area (Å²) in [6.07, 6.45) is 3.86. The van der Waals surface area contributed by atoms with E-state index in [4.69, 9.17) is 4.98 Å². The highest BCUT2D eigenvalue weighted by atomic mass is 16.2. The predicted molar refractivity (Wildman–Crippen MR) is 68.3 cm³/mol. The Bertz CT molecular complexity index is 466. The summed E-state index contributed by atoms with van der Waals surface area (Å²) in [5, 5.41) is 6.32. The second-order valence-corrected chi connectivity index (χ2v) is 5.02. The lowest BCUT2D eigenvalue weighted by Gasteiger charge is -2.27. The van der Waals surface area contributed by atoms with Crippen LogP contribution in [-0.2, 0) is 24.2 Å². The summed E-state index contributed by atoms with van der Waals surface area (Å²) in [6.45, 7) is 4.74. The third-order valence-corrected chi connectivity index (χ3v) is 3.88. The number of carbonyl (C=O) groups excluding carboxylic acids is 1. The van der Waals surface area contributed by atoms with Crippen LogP contribution in [0.5, 0.6) is 0 Å². The van der Waals surface area contributed by atoms with E-state index in [-0.39, 0.29) is 11.9 Å². The average molecular weight is 248 g/mol. The highest BCUT2D eigenvalue weighted by Gasteiger charge is 2.30. The third-order valence-electron chi connectivity index (χ3n) is 3.88. The van der Waals surface area contributed by atoms with Crippen molar-refractivity contribution in [2.45, 2.75) is 45.2 Å². The van der Waals surface area contributed by atoms with Crippen LogP contribution in [0.15, 0.2) is 0 Å². The number of piperidine rings is 1. The van der Waals surface area contributed by atoms with E-state index in [1.807, 2.05) is 0 Å². The van der Waals surface area contributed by atoms with Gasteiger partial charge in [0.2, 0.25) is 5.91 Å². The summed E-state index contributed by atoms with van der Waals surface area (Å²) in [6, 6.07) is -0.0388. The van der Waals surface area contributed by atoms with Crippen molar-refractivity contribution >= 4 is 5.91 Å². The molecule has 1 aromatic heterocycles. The molecule has 1 saturated heterocycles. The second kappa shape index (κ2) is 4.72. The Hall–Kier alpha value is -1.36. The predicted octanol–water partition coefficient (Wildman–Crippen LogP) is 0.542. The fraction of sp³-hybridized carbons (Fsp3) is 0.692. The Labute approximate surface area is 107 Å². The number of nitrogens with one attached hydrogen (secondary N) is 2. The van der Waals surface area contributed by atoms with Gasteiger partial charge in [-0.05, 0) is 12.8 Å². The molecule has 1 fully saturated rings. The number of aromatic nitrogens is 2. The summed E-state index contributed by atoms with van der Waals surface area (Å²) in [5.41, 5.74) is 2.41. The summed E-state index contributed by atoms with van der Waals surface area (Å²) in [5.74, 6) is 1.22. The number of nitrogens with zero attached hydrogens (tertiary/aromatic N) is 2. The van der Waals surface area contributed by atoms with E-state index in [9.17, 15) is 4.79 Å². The first kappa shape index (κ1) is 11.7. The number of rotatable bonds is 2. The molecule has 0 saturated carbocycles. The molecule has 3 rings (SSSR count). The standard InChI is InChI=1S/C13H20N4O/c1-2-12-16-9-8-14-7-5-10(9)17(12)11-4-3-6-15-13(11)18/h11,14H,2-8H2,1H3,(H,15,18). The molecule has 2 N–H and O–H groups in total. The molecule has 0 aromatic carbocycles. The first-order valence-corrected chi connectivity index (χ1v) is 6.88. The van der Waals surface area contributed by atoms with Crippen molar-refractivity contribution in [1.29, 1.82) is 0 Å². The van der Waals surface area contributed by atoms with Crippen LogP contribution in [0.4, 0.5) is 0 Å². The van der Waals surface area contributed by atoms with Gasteiger partial charge in [0.1, 0.15) is 11.9 Å². The van der Waals surface area contributed by atoms with E-state index in [1.165, 1.54) is 5.69 Å². The Morgan fingerprint density at radius 1 is 1.44 bits per heavy atom. The summed E-state index contributed by atoms with van der Waals surface area (Å²) < 4.78 is 2.21. The van der Waals surface area contributed by atoms with Crippen LogP contribution in [0, 0.1) is 0 Å². The molecule has 18 heavy (non-hydrogen) atoms. The lowest BCUT2D eigenvalue weighted by Crippen LogP contribution is -2.39. The van der Waals surface area contributed by atoms with Crippen molar-refractivity contribution in [2.75, 3.05) is 13.1 Å². The zero-order chi connectivity index (χ0) is 12.5. The maximum Gasteiger partial charge on any atom is 0.243 e. The smallest absolute Gasteiger partial charge is 0.243 e. The maximum atomic E-state index is 12.1. The Kier molecular flexibility index (Phi) is 3.07. The molecule has 0 bridgehead atoms. The number of hydrogen-bond donors (Lipinski definition) is 2. The summed E-state index contributed by atoms with van der Waals surface area (Å²) in [4.78, 5) is 16.8. The van der Waals surface area contributed by atoms with E-state index in [0.29, 0.717) is 0 Å². The van der Waals surface area contributed by atoms with Crippen molar-refractivity contribution in [3.8, 4) is 0 Å². The van der Waals surface area contributed by atoms with Crippen molar-refractivity contribution in [1.82, 2.24) is 20.2 Å². The Balaban J connectivity index is 2.03. The topological polar surface area (TPSA) is 59.0 Å². The van der Waals surface area contributed by atoms with Crippen molar-refractivity contribution in [3.05, 3.63) is 17.2 Å². The molecule has 0 spiro atoms. The van der Waals surface area contributed by atoms with Gasteiger partial charge in [-0.2, -0.15) is 0 Å². The highest BCUT2D eigenvalue weighted by Crippen LogP contribution is 2.26. The molecule has 2 aliphatic rings. The number of amides is 1. The molecule has 1 unspecified atom stereocenters. The molecule has 0 aliphatic carbocycles. The maximum absolute atomic E-state index is 12.1. The lowest BCUT2D eigenvalue weighted by atomic mass is 10.0. The number of aryl methyl sites for hydroxylation is 1. The zero-order valence-corrected chi connectivity index (χ0v) is 10.8. The Morgan fingerprint density at radius 3 is 3.11 bits per heavy atom. The minimum atomic E-state index is -0.0388. The van der Waals surface area contributed by atoms with Gasteiger partial charge < -0.3 is 15.2 Å². The van der Waals surface area contributed by atoms with E-state index < -0.39 is 0 Å². The number of carbonyl (C=O) groups is 1. The molecule has 5 heteroatoms. The molecular weight excluding hydrogens is 228 g/mol. The first-order valence-electron chi connectivity index (χ1n) is 6.88. The minimum absolute atomic E-state index is 0.0388. The van der Waals surface area contributed by atoms with E-state index in [1.54, 1.807) is 0 Å². The molecule has 5 nitrogen and oxygen atoms in total. The normalized spacial score (nSPS) is 23.6. The van der Waals surface area contributed by atoms with Crippen LogP contribution in [0.2, 0.25) is 0 Å².